The van der Waals surface area contributed by atoms with E-state index in [1.165, 1.54) is 12.1 Å². The Bertz CT molecular complexity index is 578. The van der Waals surface area contributed by atoms with Crippen LogP contribution in [0.3, 0.4) is 0 Å². The van der Waals surface area contributed by atoms with Gasteiger partial charge in [0.15, 0.2) is 0 Å². The largest absolute Gasteiger partial charge is 0.508 e. The number of phenolic OH excluding ortho intramolecular Hbond substituents is 1. The monoisotopic (exact) mass is 288 g/mol. The minimum Gasteiger partial charge on any atom is -0.508 e. The first kappa shape index (κ1) is 13.7. The first-order valence-electron chi connectivity index (χ1n) is 5.20. The molecule has 1 N–H and O–H groups in total. The number of aromatic hydroxyl groups is 1. The van der Waals surface area contributed by atoms with Crippen LogP contribution in [-0.2, 0) is 6.18 Å². The number of halogens is 4. The predicted octanol–water partition coefficient (Wildman–Crippen LogP) is 4.70. The zero-order valence-corrected chi connectivity index (χ0v) is 10.2. The van der Waals surface area contributed by atoms with Gasteiger partial charge in [-0.3, -0.25) is 0 Å². The summed E-state index contributed by atoms with van der Waals surface area (Å²) in [6, 6.07) is 8.35. The molecule has 0 aliphatic heterocycles. The van der Waals surface area contributed by atoms with Gasteiger partial charge in [0.1, 0.15) is 11.6 Å². The van der Waals surface area contributed by atoms with Crippen molar-refractivity contribution in [1.29, 1.82) is 0 Å². The summed E-state index contributed by atoms with van der Waals surface area (Å²) in [4.78, 5) is 0.718. The minimum absolute atomic E-state index is 0.0669. The van der Waals surface area contributed by atoms with Gasteiger partial charge in [0, 0.05) is 9.79 Å². The van der Waals surface area contributed by atoms with Crippen molar-refractivity contribution in [3.63, 3.8) is 0 Å². The number of alkyl halides is 3. The lowest BCUT2D eigenvalue weighted by molar-refractivity contribution is -0.137. The minimum atomic E-state index is -4.55. The van der Waals surface area contributed by atoms with Crippen LogP contribution in [0.4, 0.5) is 17.6 Å². The molecule has 0 aliphatic carbocycles. The number of rotatable bonds is 2. The normalized spacial score (nSPS) is 11.6. The van der Waals surface area contributed by atoms with E-state index in [0.717, 1.165) is 23.9 Å². The molecule has 2 rings (SSSR count). The van der Waals surface area contributed by atoms with Crippen LogP contribution in [0, 0.1) is 5.82 Å². The predicted molar refractivity (Wildman–Crippen MR) is 63.6 cm³/mol. The summed E-state index contributed by atoms with van der Waals surface area (Å²) in [7, 11) is 0. The average Bonchev–Trinajstić information content (AvgIpc) is 2.33. The van der Waals surface area contributed by atoms with Crippen LogP contribution in [0.2, 0.25) is 0 Å². The standard InChI is InChI=1S/C13H8F4OS/c14-11-7-8(13(15,16)17)1-6-12(11)19-10-4-2-9(18)3-5-10/h1-7,18H. The summed E-state index contributed by atoms with van der Waals surface area (Å²) < 4.78 is 50.7. The maximum atomic E-state index is 13.6. The second-order valence-corrected chi connectivity index (χ2v) is 4.85. The molecule has 0 unspecified atom stereocenters. The van der Waals surface area contributed by atoms with Crippen LogP contribution in [-0.4, -0.2) is 5.11 Å². The number of phenols is 1. The van der Waals surface area contributed by atoms with Crippen molar-refractivity contribution in [3.05, 3.63) is 53.8 Å². The summed E-state index contributed by atoms with van der Waals surface area (Å²) in [6.07, 6.45) is -4.55. The van der Waals surface area contributed by atoms with Gasteiger partial charge in [0.2, 0.25) is 0 Å². The molecule has 0 bridgehead atoms. The summed E-state index contributed by atoms with van der Waals surface area (Å²) in [5.41, 5.74) is -1.01. The topological polar surface area (TPSA) is 20.2 Å². The first-order valence-corrected chi connectivity index (χ1v) is 6.01. The lowest BCUT2D eigenvalue weighted by Crippen LogP contribution is -2.05. The van der Waals surface area contributed by atoms with Gasteiger partial charge in [-0.1, -0.05) is 11.8 Å². The molecule has 6 heteroatoms. The van der Waals surface area contributed by atoms with E-state index in [0.29, 0.717) is 11.0 Å². The Hall–Kier alpha value is -1.69. The van der Waals surface area contributed by atoms with Crippen molar-refractivity contribution in [2.24, 2.45) is 0 Å². The molecule has 0 spiro atoms. The Morgan fingerprint density at radius 3 is 2.11 bits per heavy atom. The maximum absolute atomic E-state index is 13.6. The van der Waals surface area contributed by atoms with E-state index in [1.54, 1.807) is 12.1 Å². The molecule has 2 aromatic carbocycles. The zero-order chi connectivity index (χ0) is 14.0. The van der Waals surface area contributed by atoms with E-state index in [1.807, 2.05) is 0 Å². The average molecular weight is 288 g/mol. The molecular formula is C13H8F4OS. The van der Waals surface area contributed by atoms with Gasteiger partial charge < -0.3 is 5.11 Å². The highest BCUT2D eigenvalue weighted by atomic mass is 32.2. The van der Waals surface area contributed by atoms with Gasteiger partial charge in [-0.2, -0.15) is 13.2 Å². The fourth-order valence-corrected chi connectivity index (χ4v) is 2.22. The van der Waals surface area contributed by atoms with Crippen LogP contribution >= 0.6 is 11.8 Å². The molecule has 0 amide bonds. The van der Waals surface area contributed by atoms with Gasteiger partial charge in [-0.15, -0.1) is 0 Å². The lowest BCUT2D eigenvalue weighted by Gasteiger charge is -2.09. The molecule has 100 valence electrons. The van der Waals surface area contributed by atoms with Crippen LogP contribution in [0.15, 0.2) is 52.3 Å². The molecule has 0 heterocycles. The highest BCUT2D eigenvalue weighted by molar-refractivity contribution is 7.99. The zero-order valence-electron chi connectivity index (χ0n) is 9.41. The summed E-state index contributed by atoms with van der Waals surface area (Å²) >= 11 is 0.989. The van der Waals surface area contributed by atoms with Crippen LogP contribution in [0.25, 0.3) is 0 Å². The molecule has 1 nitrogen and oxygen atoms in total. The molecule has 0 radical (unpaired) electrons. The quantitative estimate of drug-likeness (QED) is 0.808. The molecule has 0 aliphatic rings. The number of hydrogen-bond acceptors (Lipinski definition) is 2. The van der Waals surface area contributed by atoms with Crippen LogP contribution in [0.5, 0.6) is 5.75 Å². The maximum Gasteiger partial charge on any atom is 0.416 e. The molecule has 0 saturated carbocycles. The van der Waals surface area contributed by atoms with Gasteiger partial charge in [-0.25, -0.2) is 4.39 Å². The van der Waals surface area contributed by atoms with E-state index >= 15 is 0 Å². The summed E-state index contributed by atoms with van der Waals surface area (Å²) in [5.74, 6) is -0.856. The van der Waals surface area contributed by atoms with Gasteiger partial charge >= 0.3 is 6.18 Å². The van der Waals surface area contributed by atoms with Crippen molar-refractivity contribution < 1.29 is 22.7 Å². The Morgan fingerprint density at radius 2 is 1.58 bits per heavy atom. The summed E-state index contributed by atoms with van der Waals surface area (Å²) in [6.45, 7) is 0. The van der Waals surface area contributed by atoms with E-state index in [2.05, 4.69) is 0 Å². The van der Waals surface area contributed by atoms with Crippen molar-refractivity contribution >= 4 is 11.8 Å². The fraction of sp³-hybridized carbons (Fsp3) is 0.0769. The lowest BCUT2D eigenvalue weighted by atomic mass is 10.2. The van der Waals surface area contributed by atoms with E-state index in [4.69, 9.17) is 5.11 Å². The Balaban J connectivity index is 2.24. The highest BCUT2D eigenvalue weighted by Gasteiger charge is 2.31. The fourth-order valence-electron chi connectivity index (χ4n) is 1.40. The van der Waals surface area contributed by atoms with Crippen molar-refractivity contribution in [3.8, 4) is 5.75 Å². The van der Waals surface area contributed by atoms with E-state index < -0.39 is 17.6 Å². The molecule has 19 heavy (non-hydrogen) atoms. The van der Waals surface area contributed by atoms with Gasteiger partial charge in [-0.05, 0) is 42.5 Å². The summed E-state index contributed by atoms with van der Waals surface area (Å²) in [5, 5.41) is 9.09. The van der Waals surface area contributed by atoms with Gasteiger partial charge in [0.05, 0.1) is 5.56 Å². The SMILES string of the molecule is Oc1ccc(Sc2ccc(C(F)(F)F)cc2F)cc1. The molecule has 0 aromatic heterocycles. The molecule has 2 aromatic rings. The smallest absolute Gasteiger partial charge is 0.416 e. The molecular weight excluding hydrogens is 280 g/mol. The highest BCUT2D eigenvalue weighted by Crippen LogP contribution is 2.35. The second kappa shape index (κ2) is 5.13. The van der Waals surface area contributed by atoms with E-state index in [9.17, 15) is 17.6 Å². The molecule has 0 saturated heterocycles. The Labute approximate surface area is 110 Å². The number of hydrogen-bond donors (Lipinski definition) is 1. The molecule has 0 atom stereocenters. The molecule has 0 fully saturated rings. The second-order valence-electron chi connectivity index (χ2n) is 3.74. The third-order valence-electron chi connectivity index (χ3n) is 2.32. The van der Waals surface area contributed by atoms with Crippen LogP contribution in [0.1, 0.15) is 5.56 Å². The Morgan fingerprint density at radius 1 is 0.947 bits per heavy atom. The van der Waals surface area contributed by atoms with Crippen molar-refractivity contribution in [2.75, 3.05) is 0 Å². The third kappa shape index (κ3) is 3.41. The van der Waals surface area contributed by atoms with Gasteiger partial charge in [0.25, 0.3) is 0 Å². The van der Waals surface area contributed by atoms with E-state index in [-0.39, 0.29) is 10.6 Å². The van der Waals surface area contributed by atoms with Crippen LogP contribution < -0.4 is 0 Å². The third-order valence-corrected chi connectivity index (χ3v) is 3.38. The van der Waals surface area contributed by atoms with Crippen molar-refractivity contribution in [2.45, 2.75) is 16.0 Å². The number of benzene rings is 2. The Kier molecular flexibility index (Phi) is 3.71. The first-order chi connectivity index (χ1) is 8.86. The van der Waals surface area contributed by atoms with Crippen molar-refractivity contribution in [1.82, 2.24) is 0 Å².